The number of ether oxygens (including phenoxy) is 3. The summed E-state index contributed by atoms with van der Waals surface area (Å²) in [7, 11) is -1.36. The maximum atomic E-state index is 15.0. The Balaban J connectivity index is 1.18. The van der Waals surface area contributed by atoms with Crippen molar-refractivity contribution in [2.24, 2.45) is 5.92 Å². The Kier molecular flexibility index (Phi) is 9.74. The molecular weight excluding hydrogens is 695 g/mol. The third-order valence-corrected chi connectivity index (χ3v) is 13.4. The summed E-state index contributed by atoms with van der Waals surface area (Å²) in [5, 5.41) is 18.9. The average Bonchev–Trinajstić information content (AvgIpc) is 3.78. The highest BCUT2D eigenvalue weighted by Crippen LogP contribution is 2.60. The van der Waals surface area contributed by atoms with Crippen LogP contribution in [0.1, 0.15) is 55.0 Å². The highest BCUT2D eigenvalue weighted by Gasteiger charge is 2.66. The van der Waals surface area contributed by atoms with E-state index >= 15 is 0 Å². The number of hydrogen-bond donors (Lipinski definition) is 2. The molecular formula is C39H45N5O8Si. The number of β-lactam (4-membered cyclic amide) rings is 1. The first-order valence-corrected chi connectivity index (χ1v) is 20.9. The Morgan fingerprint density at radius 1 is 1.09 bits per heavy atom. The molecule has 6 atom stereocenters. The van der Waals surface area contributed by atoms with Gasteiger partial charge in [-0.15, -0.1) is 5.10 Å². The monoisotopic (exact) mass is 739 g/mol. The van der Waals surface area contributed by atoms with E-state index in [2.05, 4.69) is 10.3 Å². The Morgan fingerprint density at radius 2 is 1.87 bits per heavy atom. The Labute approximate surface area is 309 Å². The van der Waals surface area contributed by atoms with Crippen LogP contribution in [0.3, 0.4) is 0 Å². The van der Waals surface area contributed by atoms with E-state index in [1.165, 1.54) is 11.8 Å². The number of amides is 2. The average molecular weight is 740 g/mol. The number of fused-ring (bicyclic) bond motifs is 2. The zero-order valence-corrected chi connectivity index (χ0v) is 31.5. The number of aliphatic hydroxyl groups excluding tert-OH is 1. The molecule has 0 bridgehead atoms. The Bertz CT molecular complexity index is 2020. The van der Waals surface area contributed by atoms with Gasteiger partial charge in [-0.2, -0.15) is 0 Å². The van der Waals surface area contributed by atoms with Crippen molar-refractivity contribution in [2.75, 3.05) is 23.5 Å². The maximum Gasteiger partial charge on any atom is 0.304 e. The minimum atomic E-state index is -2.93. The van der Waals surface area contributed by atoms with E-state index < -0.39 is 32.2 Å². The number of benzene rings is 3. The predicted molar refractivity (Wildman–Crippen MR) is 197 cm³/mol. The van der Waals surface area contributed by atoms with Crippen LogP contribution in [0.15, 0.2) is 79.0 Å². The molecule has 3 aromatic carbocycles. The predicted octanol–water partition coefficient (Wildman–Crippen LogP) is 4.47. The number of aryl methyl sites for hydroxylation is 1. The van der Waals surface area contributed by atoms with Gasteiger partial charge in [0.05, 0.1) is 50.1 Å². The van der Waals surface area contributed by atoms with E-state index in [0.717, 1.165) is 11.1 Å². The molecule has 7 rings (SSSR count). The van der Waals surface area contributed by atoms with Crippen molar-refractivity contribution in [3.63, 3.8) is 0 Å². The molecule has 14 heteroatoms. The number of rotatable bonds is 12. The van der Waals surface area contributed by atoms with E-state index in [9.17, 15) is 24.3 Å². The molecule has 1 aromatic heterocycles. The van der Waals surface area contributed by atoms with Gasteiger partial charge in [0.15, 0.2) is 20.1 Å². The number of methoxy groups -OCH3 is 1. The number of carbonyl (C=O) groups is 3. The van der Waals surface area contributed by atoms with E-state index in [0.29, 0.717) is 41.3 Å². The van der Waals surface area contributed by atoms with E-state index in [-0.39, 0.29) is 48.8 Å². The number of nitrogens with zero attached hydrogens (tertiary/aromatic N) is 5. The van der Waals surface area contributed by atoms with Gasteiger partial charge in [-0.25, -0.2) is 0 Å². The molecule has 1 spiro atoms. The number of aliphatic hydroxyl groups is 1. The van der Waals surface area contributed by atoms with E-state index in [4.69, 9.17) is 14.2 Å². The lowest BCUT2D eigenvalue weighted by Gasteiger charge is -2.39. The van der Waals surface area contributed by atoms with E-state index in [1.54, 1.807) is 22.8 Å². The van der Waals surface area contributed by atoms with Crippen LogP contribution >= 0.6 is 0 Å². The van der Waals surface area contributed by atoms with Crippen molar-refractivity contribution < 1.29 is 38.5 Å². The second-order valence-electron chi connectivity index (χ2n) is 14.7. The quantitative estimate of drug-likeness (QED) is 0.121. The zero-order chi connectivity index (χ0) is 37.7. The van der Waals surface area contributed by atoms with Gasteiger partial charge in [-0.05, 0) is 61.0 Å². The summed E-state index contributed by atoms with van der Waals surface area (Å²) in [5.41, 5.74) is 2.60. The van der Waals surface area contributed by atoms with Crippen molar-refractivity contribution in [1.29, 1.82) is 0 Å². The topological polar surface area (TPSA) is 157 Å². The van der Waals surface area contributed by atoms with Crippen molar-refractivity contribution in [3.05, 3.63) is 101 Å². The molecule has 3 aliphatic rings. The van der Waals surface area contributed by atoms with Gasteiger partial charge in [-0.3, -0.25) is 24.0 Å². The minimum Gasteiger partial charge on any atom is -0.497 e. The van der Waals surface area contributed by atoms with Gasteiger partial charge < -0.3 is 29.0 Å². The first-order valence-electron chi connectivity index (χ1n) is 17.9. The molecule has 0 aliphatic carbocycles. The van der Waals surface area contributed by atoms with Gasteiger partial charge >= 0.3 is 5.97 Å². The third kappa shape index (κ3) is 6.53. The first-order chi connectivity index (χ1) is 25.3. The molecule has 4 aromatic rings. The summed E-state index contributed by atoms with van der Waals surface area (Å²) in [6.45, 7) is 7.58. The normalized spacial score (nSPS) is 24.4. The fraction of sp³-hybridized carbons (Fsp3) is 0.410. The highest BCUT2D eigenvalue weighted by atomic mass is 28.4. The van der Waals surface area contributed by atoms with Crippen LogP contribution in [-0.2, 0) is 42.5 Å². The van der Waals surface area contributed by atoms with Gasteiger partial charge in [0, 0.05) is 42.4 Å². The molecule has 2 amide bonds. The van der Waals surface area contributed by atoms with Gasteiger partial charge in [0.2, 0.25) is 5.91 Å². The van der Waals surface area contributed by atoms with Crippen LogP contribution in [0.2, 0.25) is 18.6 Å². The van der Waals surface area contributed by atoms with Gasteiger partial charge in [-0.1, -0.05) is 54.6 Å². The Hall–Kier alpha value is -4.89. The first kappa shape index (κ1) is 36.5. The van der Waals surface area contributed by atoms with Crippen LogP contribution in [0.5, 0.6) is 5.75 Å². The molecule has 2 N–H and O–H groups in total. The second-order valence-corrected chi connectivity index (χ2v) is 18.7. The summed E-state index contributed by atoms with van der Waals surface area (Å²) < 4.78 is 19.7. The maximum absolute atomic E-state index is 15.0. The molecule has 3 aliphatic heterocycles. The van der Waals surface area contributed by atoms with Crippen molar-refractivity contribution in [3.8, 4) is 5.75 Å². The number of carbonyl (C=O) groups excluding carboxylic acids is 3. The molecule has 2 unspecified atom stereocenters. The summed E-state index contributed by atoms with van der Waals surface area (Å²) in [6.07, 6.45) is 1.26. The summed E-state index contributed by atoms with van der Waals surface area (Å²) in [4.78, 5) is 54.1. The van der Waals surface area contributed by atoms with Crippen molar-refractivity contribution in [2.45, 2.75) is 82.3 Å². The van der Waals surface area contributed by atoms with Crippen molar-refractivity contribution in [1.82, 2.24) is 15.0 Å². The second kappa shape index (κ2) is 14.2. The van der Waals surface area contributed by atoms with Crippen LogP contribution in [0.25, 0.3) is 0 Å². The largest absolute Gasteiger partial charge is 0.497 e. The van der Waals surface area contributed by atoms with Crippen LogP contribution in [0, 0.1) is 5.92 Å². The SMILES string of the molecule is COc1ccc2c(c1)[C@]1(O[C@@H](CCn3cc(C(CO)c4ccccc4)nn3)[C@H]([Si](C)(C)O)[C@H]1C)C(=O)N2Cc1cccc(N2C(=O)CC2OC(C)=O)c1. The zero-order valence-electron chi connectivity index (χ0n) is 30.5. The van der Waals surface area contributed by atoms with Crippen molar-refractivity contribution >= 4 is 37.5 Å². The lowest BCUT2D eigenvalue weighted by molar-refractivity contribution is -0.154. The lowest BCUT2D eigenvalue weighted by atomic mass is 9.82. The molecule has 2 saturated heterocycles. The lowest BCUT2D eigenvalue weighted by Crippen LogP contribution is -2.54. The Morgan fingerprint density at radius 3 is 2.55 bits per heavy atom. The molecule has 278 valence electrons. The summed E-state index contributed by atoms with van der Waals surface area (Å²) in [6, 6.07) is 22.5. The molecule has 4 heterocycles. The molecule has 2 fully saturated rings. The fourth-order valence-corrected chi connectivity index (χ4v) is 11.1. The smallest absolute Gasteiger partial charge is 0.304 e. The standard InChI is InChI=1S/C39H45N5O8Si/c1-24-37(53(4,5)49)34(16-17-42-22-32(40-41-42)30(23-45)27-11-7-6-8-12-27)52-39(24)31-19-29(50-3)14-15-33(31)43(38(39)48)21-26-10-9-13-28(18-26)44-35(47)20-36(44)51-25(2)46/h6-15,18-19,22,24,30,34,36-37,45,49H,16-17,20-21,23H2,1-5H3/t24-,30?,34+,36?,37-,39+/m1/s1. The van der Waals surface area contributed by atoms with Crippen LogP contribution < -0.4 is 14.5 Å². The molecule has 0 saturated carbocycles. The van der Waals surface area contributed by atoms with Gasteiger partial charge in [0.25, 0.3) is 5.91 Å². The molecule has 13 nitrogen and oxygen atoms in total. The van der Waals surface area contributed by atoms with E-state index in [1.807, 2.05) is 92.9 Å². The number of esters is 1. The third-order valence-electron chi connectivity index (χ3n) is 10.9. The number of hydrogen-bond acceptors (Lipinski definition) is 10. The summed E-state index contributed by atoms with van der Waals surface area (Å²) in [5.74, 6) is -0.988. The molecule has 0 radical (unpaired) electrons. The van der Waals surface area contributed by atoms with Gasteiger partial charge in [0.1, 0.15) is 5.75 Å². The minimum absolute atomic E-state index is 0.113. The van der Waals surface area contributed by atoms with Crippen LogP contribution in [-0.4, -0.2) is 77.0 Å². The molecule has 53 heavy (non-hydrogen) atoms. The number of aromatic nitrogens is 3. The fourth-order valence-electron chi connectivity index (χ4n) is 8.48. The summed E-state index contributed by atoms with van der Waals surface area (Å²) >= 11 is 0. The number of anilines is 2. The van der Waals surface area contributed by atoms with Crippen LogP contribution in [0.4, 0.5) is 11.4 Å². The highest BCUT2D eigenvalue weighted by molar-refractivity contribution is 6.71.